The highest BCUT2D eigenvalue weighted by molar-refractivity contribution is 6.01. The first kappa shape index (κ1) is 18.0. The molecule has 2 aliphatic heterocycles. The van der Waals surface area contributed by atoms with E-state index in [4.69, 9.17) is 0 Å². The number of likely N-dealkylation sites (tertiary alicyclic amines) is 1. The van der Waals surface area contributed by atoms with Gasteiger partial charge in [-0.3, -0.25) is 9.59 Å². The first-order valence-electron chi connectivity index (χ1n) is 9.57. The van der Waals surface area contributed by atoms with Gasteiger partial charge in [-0.25, -0.2) is 0 Å². The number of rotatable bonds is 3. The topological polar surface area (TPSA) is 40.6 Å². The van der Waals surface area contributed by atoms with Crippen LogP contribution >= 0.6 is 0 Å². The maximum Gasteiger partial charge on any atom is 0.228 e. The van der Waals surface area contributed by atoms with E-state index in [1.54, 1.807) is 0 Å². The lowest BCUT2D eigenvalue weighted by molar-refractivity contribution is -0.137. The Morgan fingerprint density at radius 1 is 1.24 bits per heavy atom. The number of hydrogen-bond donors (Lipinski definition) is 0. The van der Waals surface area contributed by atoms with E-state index in [1.165, 1.54) is 12.0 Å². The van der Waals surface area contributed by atoms with Crippen LogP contribution in [0.25, 0.3) is 0 Å². The normalized spacial score (nSPS) is 24.3. The number of aryl methyl sites for hydroxylation is 1. The van der Waals surface area contributed by atoms with Gasteiger partial charge in [0.1, 0.15) is 0 Å². The monoisotopic (exact) mass is 342 g/mol. The van der Waals surface area contributed by atoms with E-state index < -0.39 is 0 Å². The number of piperidine rings is 1. The van der Waals surface area contributed by atoms with Crippen LogP contribution in [0.1, 0.15) is 57.1 Å². The van der Waals surface area contributed by atoms with Crippen LogP contribution in [0, 0.1) is 18.8 Å². The zero-order chi connectivity index (χ0) is 18.1. The third kappa shape index (κ3) is 3.58. The second-order valence-electron chi connectivity index (χ2n) is 8.10. The molecule has 0 spiro atoms. The lowest BCUT2D eigenvalue weighted by Gasteiger charge is -2.32. The Hall–Kier alpha value is -1.84. The Kier molecular flexibility index (Phi) is 5.16. The molecular weight excluding hydrogens is 312 g/mol. The Morgan fingerprint density at radius 2 is 2.00 bits per heavy atom. The second-order valence-corrected chi connectivity index (χ2v) is 8.10. The Morgan fingerprint density at radius 3 is 2.68 bits per heavy atom. The van der Waals surface area contributed by atoms with Gasteiger partial charge in [-0.15, -0.1) is 0 Å². The van der Waals surface area contributed by atoms with Gasteiger partial charge in [0.25, 0.3) is 0 Å². The van der Waals surface area contributed by atoms with E-state index in [1.807, 2.05) is 15.9 Å². The van der Waals surface area contributed by atoms with Crippen LogP contribution in [0.3, 0.4) is 0 Å². The van der Waals surface area contributed by atoms with Gasteiger partial charge in [0.15, 0.2) is 0 Å². The number of carbonyl (C=O) groups is 2. The van der Waals surface area contributed by atoms with Crippen molar-refractivity contribution in [2.75, 3.05) is 24.5 Å². The highest BCUT2D eigenvalue weighted by Crippen LogP contribution is 2.35. The molecular formula is C21H30N2O2. The van der Waals surface area contributed by atoms with Crippen LogP contribution in [0.15, 0.2) is 18.2 Å². The lowest BCUT2D eigenvalue weighted by Crippen LogP contribution is -2.43. The summed E-state index contributed by atoms with van der Waals surface area (Å²) in [6, 6.07) is 6.20. The predicted octanol–water partition coefficient (Wildman–Crippen LogP) is 3.73. The molecule has 0 aliphatic carbocycles. The van der Waals surface area contributed by atoms with E-state index in [-0.39, 0.29) is 17.7 Å². The minimum atomic E-state index is -0.197. The van der Waals surface area contributed by atoms with E-state index >= 15 is 0 Å². The van der Waals surface area contributed by atoms with Gasteiger partial charge in [0, 0.05) is 31.7 Å². The van der Waals surface area contributed by atoms with Gasteiger partial charge in [0.05, 0.1) is 5.92 Å². The summed E-state index contributed by atoms with van der Waals surface area (Å²) in [5, 5.41) is 0. The largest absolute Gasteiger partial charge is 0.342 e. The summed E-state index contributed by atoms with van der Waals surface area (Å²) in [5.41, 5.74) is 3.32. The molecule has 1 aromatic rings. The van der Waals surface area contributed by atoms with Crippen molar-refractivity contribution in [1.29, 1.82) is 0 Å². The molecule has 2 heterocycles. The highest BCUT2D eigenvalue weighted by atomic mass is 16.2. The van der Waals surface area contributed by atoms with Gasteiger partial charge in [-0.05, 0) is 42.7 Å². The maximum absolute atomic E-state index is 12.9. The fourth-order valence-corrected chi connectivity index (χ4v) is 4.25. The van der Waals surface area contributed by atoms with Crippen LogP contribution in [0.5, 0.6) is 0 Å². The number of carbonyl (C=O) groups excluding carboxylic acids is 2. The summed E-state index contributed by atoms with van der Waals surface area (Å²) < 4.78 is 0. The molecule has 25 heavy (non-hydrogen) atoms. The van der Waals surface area contributed by atoms with Crippen molar-refractivity contribution in [3.63, 3.8) is 0 Å². The van der Waals surface area contributed by atoms with E-state index in [0.29, 0.717) is 24.8 Å². The molecule has 0 radical (unpaired) electrons. The molecule has 4 heteroatoms. The molecule has 2 unspecified atom stereocenters. The fraction of sp³-hybridized carbons (Fsp3) is 0.619. The minimum absolute atomic E-state index is 0.0830. The number of anilines is 1. The van der Waals surface area contributed by atoms with Crippen LogP contribution in [0.4, 0.5) is 5.69 Å². The fourth-order valence-electron chi connectivity index (χ4n) is 4.25. The van der Waals surface area contributed by atoms with Crippen molar-refractivity contribution in [3.8, 4) is 0 Å². The molecule has 0 aromatic heterocycles. The van der Waals surface area contributed by atoms with Crippen LogP contribution in [-0.2, 0) is 9.59 Å². The zero-order valence-electron chi connectivity index (χ0n) is 15.9. The Labute approximate surface area is 151 Å². The highest BCUT2D eigenvalue weighted by Gasteiger charge is 2.39. The molecule has 0 N–H and O–H groups in total. The summed E-state index contributed by atoms with van der Waals surface area (Å²) >= 11 is 0. The molecule has 4 nitrogen and oxygen atoms in total. The molecule has 2 atom stereocenters. The number of amides is 2. The molecule has 2 fully saturated rings. The maximum atomic E-state index is 12.9. The first-order chi connectivity index (χ1) is 11.9. The summed E-state index contributed by atoms with van der Waals surface area (Å²) in [6.07, 6.45) is 2.61. The van der Waals surface area contributed by atoms with Crippen molar-refractivity contribution >= 4 is 17.5 Å². The zero-order valence-corrected chi connectivity index (χ0v) is 15.9. The van der Waals surface area contributed by atoms with Gasteiger partial charge in [-0.1, -0.05) is 39.0 Å². The number of benzene rings is 1. The molecule has 0 bridgehead atoms. The second kappa shape index (κ2) is 7.19. The molecule has 1 aromatic carbocycles. The standard InChI is InChI=1S/C21H30N2O2/c1-14(2)18-9-5-8-16(4)20(18)23-13-17(11-19(23)24)21(25)22-10-6-7-15(3)12-22/h5,8-9,14-15,17H,6-7,10-13H2,1-4H3. The van der Waals surface area contributed by atoms with Crippen molar-refractivity contribution in [3.05, 3.63) is 29.3 Å². The smallest absolute Gasteiger partial charge is 0.228 e. The number of para-hydroxylation sites is 1. The molecule has 2 amide bonds. The number of nitrogens with zero attached hydrogens (tertiary/aromatic N) is 2. The SMILES string of the molecule is Cc1cccc(C(C)C)c1N1CC(C(=O)N2CCCC(C)C2)CC1=O. The van der Waals surface area contributed by atoms with Gasteiger partial charge in [-0.2, -0.15) is 0 Å². The average Bonchev–Trinajstić information content (AvgIpc) is 2.95. The Balaban J connectivity index is 1.81. The van der Waals surface area contributed by atoms with Gasteiger partial charge >= 0.3 is 0 Å². The third-order valence-corrected chi connectivity index (χ3v) is 5.60. The first-order valence-corrected chi connectivity index (χ1v) is 9.57. The minimum Gasteiger partial charge on any atom is -0.342 e. The summed E-state index contributed by atoms with van der Waals surface area (Å²) in [7, 11) is 0. The number of hydrogen-bond acceptors (Lipinski definition) is 2. The molecule has 0 saturated carbocycles. The third-order valence-electron chi connectivity index (χ3n) is 5.60. The molecule has 2 saturated heterocycles. The van der Waals surface area contributed by atoms with E-state index in [9.17, 15) is 9.59 Å². The summed E-state index contributed by atoms with van der Waals surface area (Å²) in [6.45, 7) is 10.8. The summed E-state index contributed by atoms with van der Waals surface area (Å²) in [4.78, 5) is 29.5. The lowest BCUT2D eigenvalue weighted by atomic mass is 9.97. The van der Waals surface area contributed by atoms with Crippen LogP contribution in [-0.4, -0.2) is 36.3 Å². The average molecular weight is 342 g/mol. The van der Waals surface area contributed by atoms with E-state index in [0.717, 1.165) is 30.8 Å². The van der Waals surface area contributed by atoms with Crippen LogP contribution in [0.2, 0.25) is 0 Å². The molecule has 3 rings (SSSR count). The summed E-state index contributed by atoms with van der Waals surface area (Å²) in [5.74, 6) is 0.967. The van der Waals surface area contributed by atoms with Gasteiger partial charge < -0.3 is 9.80 Å². The van der Waals surface area contributed by atoms with Crippen molar-refractivity contribution in [2.45, 2.75) is 52.9 Å². The van der Waals surface area contributed by atoms with Gasteiger partial charge in [0.2, 0.25) is 11.8 Å². The molecule has 136 valence electrons. The van der Waals surface area contributed by atoms with E-state index in [2.05, 4.69) is 39.8 Å². The molecule has 2 aliphatic rings. The quantitative estimate of drug-likeness (QED) is 0.840. The van der Waals surface area contributed by atoms with Crippen molar-refractivity contribution in [2.24, 2.45) is 11.8 Å². The Bertz CT molecular complexity index is 668. The van der Waals surface area contributed by atoms with Crippen molar-refractivity contribution < 1.29 is 9.59 Å². The van der Waals surface area contributed by atoms with Crippen molar-refractivity contribution in [1.82, 2.24) is 4.90 Å². The predicted molar refractivity (Wildman–Crippen MR) is 101 cm³/mol. The van der Waals surface area contributed by atoms with Crippen LogP contribution < -0.4 is 4.90 Å².